The van der Waals surface area contributed by atoms with Crippen molar-refractivity contribution in [2.45, 2.75) is 57.4 Å². The lowest BCUT2D eigenvalue weighted by molar-refractivity contribution is -0.121. The minimum absolute atomic E-state index is 0.0177. The summed E-state index contributed by atoms with van der Waals surface area (Å²) in [6.07, 6.45) is 10.6. The van der Waals surface area contributed by atoms with Gasteiger partial charge in [0.2, 0.25) is 0 Å². The molecule has 2 aliphatic rings. The molecule has 1 aliphatic heterocycles. The molecular weight excluding hydrogens is 318 g/mol. The Morgan fingerprint density at radius 2 is 1.92 bits per heavy atom. The number of carbonyl (C=O) groups is 1. The summed E-state index contributed by atoms with van der Waals surface area (Å²) in [5.41, 5.74) is 6.49. The zero-order valence-corrected chi connectivity index (χ0v) is 15.5. The van der Waals surface area contributed by atoms with Crippen LogP contribution in [0, 0.1) is 0 Å². The Morgan fingerprint density at radius 3 is 2.73 bits per heavy atom. The quantitative estimate of drug-likeness (QED) is 0.772. The Labute approximate surface area is 156 Å². The Balaban J connectivity index is 1.38. The zero-order chi connectivity index (χ0) is 17.9. The van der Waals surface area contributed by atoms with E-state index in [2.05, 4.69) is 66.9 Å². The fraction of sp³-hybridized carbons (Fsp3) is 0.375. The van der Waals surface area contributed by atoms with Crippen LogP contribution in [0.5, 0.6) is 0 Å². The second-order valence-electron chi connectivity index (χ2n) is 7.54. The average molecular weight is 345 g/mol. The van der Waals surface area contributed by atoms with E-state index in [0.29, 0.717) is 11.7 Å². The van der Waals surface area contributed by atoms with Crippen molar-refractivity contribution < 1.29 is 4.79 Å². The summed E-state index contributed by atoms with van der Waals surface area (Å²) in [6, 6.07) is 15.6. The van der Waals surface area contributed by atoms with Gasteiger partial charge in [-0.1, -0.05) is 55.5 Å². The third-order valence-corrected chi connectivity index (χ3v) is 5.82. The number of aryl methyl sites for hydroxylation is 2. The number of Topliss-reactive ketones (excluding diaryl/α,β-unsaturated/α-hetero) is 1. The second kappa shape index (κ2) is 7.49. The molecule has 2 heteroatoms. The highest BCUT2D eigenvalue weighted by Gasteiger charge is 2.38. The lowest BCUT2D eigenvalue weighted by Gasteiger charge is -2.23. The van der Waals surface area contributed by atoms with Crippen molar-refractivity contribution >= 4 is 17.5 Å². The first-order valence-corrected chi connectivity index (χ1v) is 9.92. The van der Waals surface area contributed by atoms with Crippen LogP contribution in [0.15, 0.2) is 48.5 Å². The molecule has 4 rings (SSSR count). The van der Waals surface area contributed by atoms with Crippen molar-refractivity contribution in [3.8, 4) is 0 Å². The van der Waals surface area contributed by atoms with Crippen LogP contribution in [0.2, 0.25) is 0 Å². The molecule has 0 aromatic heterocycles. The monoisotopic (exact) mass is 345 g/mol. The number of allylic oxidation sites excluding steroid dienone is 1. The van der Waals surface area contributed by atoms with E-state index in [1.54, 1.807) is 0 Å². The molecule has 1 fully saturated rings. The maximum absolute atomic E-state index is 12.1. The molecule has 0 spiro atoms. The molecule has 0 saturated heterocycles. The summed E-state index contributed by atoms with van der Waals surface area (Å²) in [5, 5.41) is 3.47. The largest absolute Gasteiger partial charge is 0.375 e. The first-order valence-electron chi connectivity index (χ1n) is 9.92. The maximum atomic E-state index is 12.1. The Bertz CT molecular complexity index is 819. The van der Waals surface area contributed by atoms with Gasteiger partial charge >= 0.3 is 0 Å². The molecule has 26 heavy (non-hydrogen) atoms. The van der Waals surface area contributed by atoms with E-state index >= 15 is 0 Å². The smallest absolute Gasteiger partial charge is 0.155 e. The predicted molar refractivity (Wildman–Crippen MR) is 109 cm³/mol. The van der Waals surface area contributed by atoms with Crippen molar-refractivity contribution in [2.24, 2.45) is 0 Å². The molecule has 2 aromatic carbocycles. The Morgan fingerprint density at radius 1 is 1.12 bits per heavy atom. The summed E-state index contributed by atoms with van der Waals surface area (Å²) in [6.45, 7) is 2.19. The minimum Gasteiger partial charge on any atom is -0.375 e. The van der Waals surface area contributed by atoms with Gasteiger partial charge in [0.25, 0.3) is 0 Å². The van der Waals surface area contributed by atoms with E-state index in [0.717, 1.165) is 44.2 Å². The van der Waals surface area contributed by atoms with Crippen LogP contribution in [-0.4, -0.2) is 11.8 Å². The summed E-state index contributed by atoms with van der Waals surface area (Å²) >= 11 is 0. The molecule has 1 heterocycles. The number of hydrogen-bond donors (Lipinski definition) is 1. The molecule has 2 atom stereocenters. The van der Waals surface area contributed by atoms with Crippen LogP contribution in [0.1, 0.15) is 60.8 Å². The van der Waals surface area contributed by atoms with E-state index in [4.69, 9.17) is 0 Å². The van der Waals surface area contributed by atoms with Crippen molar-refractivity contribution in [3.05, 3.63) is 70.8 Å². The van der Waals surface area contributed by atoms with E-state index in [-0.39, 0.29) is 6.04 Å². The molecule has 1 aliphatic carbocycles. The van der Waals surface area contributed by atoms with Crippen molar-refractivity contribution in [1.82, 2.24) is 0 Å². The van der Waals surface area contributed by atoms with Gasteiger partial charge in [0.05, 0.1) is 6.04 Å². The number of hydrogen-bond acceptors (Lipinski definition) is 2. The molecular formula is C24H27NO. The van der Waals surface area contributed by atoms with Gasteiger partial charge in [-0.3, -0.25) is 4.79 Å². The molecule has 2 nitrogen and oxygen atoms in total. The van der Waals surface area contributed by atoms with Crippen LogP contribution < -0.4 is 5.32 Å². The average Bonchev–Trinajstić information content (AvgIpc) is 3.05. The maximum Gasteiger partial charge on any atom is 0.155 e. The molecule has 0 bridgehead atoms. The van der Waals surface area contributed by atoms with Crippen LogP contribution in [-0.2, 0) is 17.6 Å². The van der Waals surface area contributed by atoms with Crippen LogP contribution in [0.25, 0.3) is 6.08 Å². The second-order valence-corrected chi connectivity index (χ2v) is 7.54. The van der Waals surface area contributed by atoms with Crippen LogP contribution in [0.4, 0.5) is 5.69 Å². The van der Waals surface area contributed by atoms with Crippen molar-refractivity contribution in [1.29, 1.82) is 0 Å². The summed E-state index contributed by atoms with van der Waals surface area (Å²) in [4.78, 5) is 12.1. The molecule has 134 valence electrons. The highest BCUT2D eigenvalue weighted by molar-refractivity contribution is 5.91. The third-order valence-electron chi connectivity index (χ3n) is 5.82. The predicted octanol–water partition coefficient (Wildman–Crippen LogP) is 5.53. The van der Waals surface area contributed by atoms with Gasteiger partial charge in [0.1, 0.15) is 0 Å². The number of fused-ring (bicyclic) bond motifs is 3. The number of anilines is 1. The van der Waals surface area contributed by atoms with Gasteiger partial charge in [-0.25, -0.2) is 0 Å². The van der Waals surface area contributed by atoms with E-state index in [1.807, 2.05) is 0 Å². The fourth-order valence-electron chi connectivity index (χ4n) is 4.26. The van der Waals surface area contributed by atoms with Gasteiger partial charge < -0.3 is 5.32 Å². The zero-order valence-electron chi connectivity index (χ0n) is 15.5. The Hall–Kier alpha value is -2.35. The summed E-state index contributed by atoms with van der Waals surface area (Å²) < 4.78 is 0. The number of nitrogens with one attached hydrogen (secondary N) is 1. The first kappa shape index (κ1) is 17.1. The van der Waals surface area contributed by atoms with Gasteiger partial charge in [-0.05, 0) is 60.4 Å². The van der Waals surface area contributed by atoms with Crippen LogP contribution in [0.3, 0.4) is 0 Å². The molecule has 2 aromatic rings. The topological polar surface area (TPSA) is 29.1 Å². The van der Waals surface area contributed by atoms with Gasteiger partial charge in [0, 0.05) is 18.0 Å². The van der Waals surface area contributed by atoms with Gasteiger partial charge in [0.15, 0.2) is 5.78 Å². The van der Waals surface area contributed by atoms with E-state index in [9.17, 15) is 4.79 Å². The first-order chi connectivity index (χ1) is 12.7. The van der Waals surface area contributed by atoms with Crippen molar-refractivity contribution in [2.75, 3.05) is 5.32 Å². The number of benzene rings is 2. The molecule has 0 radical (unpaired) electrons. The summed E-state index contributed by atoms with van der Waals surface area (Å²) in [7, 11) is 0. The standard InChI is InChI=1S/C24H27NO/c1-2-17-10-12-18(13-11-17)6-3-4-7-19-14-15-20-21-8-5-9-23(26)24(21)25-22(20)16-19/h4,7,10-16,21,24-25H,2-3,5-6,8-9H2,1H3/b7-4+. The third kappa shape index (κ3) is 3.46. The molecule has 1 N–H and O–H groups in total. The minimum atomic E-state index is 0.0177. The van der Waals surface area contributed by atoms with Crippen LogP contribution >= 0.6 is 0 Å². The summed E-state index contributed by atoms with van der Waals surface area (Å²) in [5.74, 6) is 0.763. The fourth-order valence-corrected chi connectivity index (χ4v) is 4.26. The number of rotatable bonds is 5. The number of carbonyl (C=O) groups excluding carboxylic acids is 1. The highest BCUT2D eigenvalue weighted by atomic mass is 16.1. The molecule has 1 saturated carbocycles. The Kier molecular flexibility index (Phi) is 4.92. The van der Waals surface area contributed by atoms with Gasteiger partial charge in [-0.2, -0.15) is 0 Å². The molecule has 0 amide bonds. The lowest BCUT2D eigenvalue weighted by atomic mass is 9.82. The lowest BCUT2D eigenvalue weighted by Crippen LogP contribution is -2.33. The SMILES string of the molecule is CCc1ccc(CC/C=C/c2ccc3c(c2)NC2C(=O)CCCC32)cc1. The normalized spacial score (nSPS) is 21.5. The number of ketones is 1. The van der Waals surface area contributed by atoms with E-state index < -0.39 is 0 Å². The molecule has 2 unspecified atom stereocenters. The van der Waals surface area contributed by atoms with E-state index in [1.165, 1.54) is 22.3 Å². The van der Waals surface area contributed by atoms with Crippen molar-refractivity contribution in [3.63, 3.8) is 0 Å². The highest BCUT2D eigenvalue weighted by Crippen LogP contribution is 2.42. The van der Waals surface area contributed by atoms with Gasteiger partial charge in [-0.15, -0.1) is 0 Å².